The van der Waals surface area contributed by atoms with Gasteiger partial charge in [-0.1, -0.05) is 25.1 Å². The predicted octanol–water partition coefficient (Wildman–Crippen LogP) is 2.41. The second-order valence-corrected chi connectivity index (χ2v) is 3.15. The summed E-state index contributed by atoms with van der Waals surface area (Å²) in [6.45, 7) is 8.50. The Hall–Kier alpha value is -0.820. The monoisotopic (exact) mass is 163 g/mol. The highest BCUT2D eigenvalue weighted by molar-refractivity contribution is 5.33. The Morgan fingerprint density at radius 3 is 2.25 bits per heavy atom. The van der Waals surface area contributed by atoms with Crippen LogP contribution in [0, 0.1) is 13.8 Å². The average Bonchev–Trinajstić information content (AvgIpc) is 2.04. The van der Waals surface area contributed by atoms with Gasteiger partial charge >= 0.3 is 0 Å². The molecule has 12 heavy (non-hydrogen) atoms. The van der Waals surface area contributed by atoms with E-state index in [1.54, 1.807) is 0 Å². The normalized spacial score (nSPS) is 10.2. The molecule has 0 amide bonds. The molecule has 1 rings (SSSR count). The van der Waals surface area contributed by atoms with Crippen molar-refractivity contribution in [1.82, 2.24) is 5.32 Å². The summed E-state index contributed by atoms with van der Waals surface area (Å²) in [6, 6.07) is 6.44. The average molecular weight is 163 g/mol. The first-order valence-electron chi connectivity index (χ1n) is 4.51. The number of nitrogens with one attached hydrogen (secondary N) is 1. The zero-order chi connectivity index (χ0) is 8.97. The maximum Gasteiger partial charge on any atom is 0.0210 e. The van der Waals surface area contributed by atoms with Gasteiger partial charge in [0.1, 0.15) is 0 Å². The maximum atomic E-state index is 3.35. The molecule has 1 aromatic rings. The molecule has 0 fully saturated rings. The minimum atomic E-state index is 0.995. The highest BCUT2D eigenvalue weighted by Crippen LogP contribution is 2.12. The standard InChI is InChI=1S/C11H17N/c1-4-12-8-11-9(2)6-5-7-10(11)3/h5-7,12H,4,8H2,1-3H3. The minimum Gasteiger partial charge on any atom is -0.313 e. The molecule has 0 saturated carbocycles. The lowest BCUT2D eigenvalue weighted by Crippen LogP contribution is -2.13. The van der Waals surface area contributed by atoms with Gasteiger partial charge in [-0.25, -0.2) is 0 Å². The molecule has 0 aliphatic carbocycles. The molecule has 0 spiro atoms. The summed E-state index contributed by atoms with van der Waals surface area (Å²) >= 11 is 0. The maximum absolute atomic E-state index is 3.35. The van der Waals surface area contributed by atoms with Crippen LogP contribution in [0.4, 0.5) is 0 Å². The van der Waals surface area contributed by atoms with Crippen LogP contribution < -0.4 is 5.32 Å². The molecule has 0 aliphatic rings. The van der Waals surface area contributed by atoms with E-state index in [4.69, 9.17) is 0 Å². The first-order chi connectivity index (χ1) is 5.75. The van der Waals surface area contributed by atoms with Crippen LogP contribution in [0.25, 0.3) is 0 Å². The summed E-state index contributed by atoms with van der Waals surface area (Å²) in [5, 5.41) is 3.35. The van der Waals surface area contributed by atoms with E-state index >= 15 is 0 Å². The third kappa shape index (κ3) is 2.08. The summed E-state index contributed by atoms with van der Waals surface area (Å²) < 4.78 is 0. The molecular weight excluding hydrogens is 146 g/mol. The van der Waals surface area contributed by atoms with Crippen LogP contribution in [0.5, 0.6) is 0 Å². The summed E-state index contributed by atoms with van der Waals surface area (Å²) in [7, 11) is 0. The van der Waals surface area contributed by atoms with E-state index in [9.17, 15) is 0 Å². The van der Waals surface area contributed by atoms with Gasteiger partial charge in [0, 0.05) is 6.54 Å². The fourth-order valence-electron chi connectivity index (χ4n) is 1.38. The van der Waals surface area contributed by atoms with Gasteiger partial charge in [-0.3, -0.25) is 0 Å². The van der Waals surface area contributed by atoms with Gasteiger partial charge in [0.15, 0.2) is 0 Å². The molecular formula is C11H17N. The van der Waals surface area contributed by atoms with Gasteiger partial charge in [-0.15, -0.1) is 0 Å². The van der Waals surface area contributed by atoms with Crippen LogP contribution in [0.1, 0.15) is 23.6 Å². The first kappa shape index (κ1) is 9.27. The summed E-state index contributed by atoms with van der Waals surface area (Å²) in [6.07, 6.45) is 0. The van der Waals surface area contributed by atoms with Crippen LogP contribution in [-0.2, 0) is 6.54 Å². The van der Waals surface area contributed by atoms with Gasteiger partial charge in [-0.2, -0.15) is 0 Å². The Labute approximate surface area is 74.8 Å². The van der Waals surface area contributed by atoms with E-state index in [1.165, 1.54) is 16.7 Å². The molecule has 1 heteroatoms. The Bertz CT molecular complexity index is 233. The molecule has 1 N–H and O–H groups in total. The Balaban J connectivity index is 2.81. The molecule has 0 saturated heterocycles. The Morgan fingerprint density at radius 1 is 1.17 bits per heavy atom. The third-order valence-corrected chi connectivity index (χ3v) is 2.20. The van der Waals surface area contributed by atoms with Crippen molar-refractivity contribution in [3.8, 4) is 0 Å². The minimum absolute atomic E-state index is 0.995. The molecule has 0 heterocycles. The zero-order valence-corrected chi connectivity index (χ0v) is 8.15. The van der Waals surface area contributed by atoms with Crippen LogP contribution >= 0.6 is 0 Å². The van der Waals surface area contributed by atoms with Crippen molar-refractivity contribution >= 4 is 0 Å². The van der Waals surface area contributed by atoms with E-state index in [0.717, 1.165) is 13.1 Å². The SMILES string of the molecule is CCNCc1c(C)cccc1C. The third-order valence-electron chi connectivity index (χ3n) is 2.20. The van der Waals surface area contributed by atoms with Crippen molar-refractivity contribution in [2.24, 2.45) is 0 Å². The highest BCUT2D eigenvalue weighted by Gasteiger charge is 1.99. The van der Waals surface area contributed by atoms with E-state index in [2.05, 4.69) is 44.3 Å². The molecule has 0 radical (unpaired) electrons. The highest BCUT2D eigenvalue weighted by atomic mass is 14.8. The van der Waals surface area contributed by atoms with Gasteiger partial charge in [-0.05, 0) is 37.1 Å². The van der Waals surface area contributed by atoms with Crippen LogP contribution in [0.15, 0.2) is 18.2 Å². The molecule has 1 aromatic carbocycles. The van der Waals surface area contributed by atoms with E-state index in [0.29, 0.717) is 0 Å². The fourth-order valence-corrected chi connectivity index (χ4v) is 1.38. The van der Waals surface area contributed by atoms with E-state index in [-0.39, 0.29) is 0 Å². The van der Waals surface area contributed by atoms with Crippen LogP contribution in [0.3, 0.4) is 0 Å². The molecule has 0 atom stereocenters. The summed E-state index contributed by atoms with van der Waals surface area (Å²) in [5.41, 5.74) is 4.21. The Kier molecular flexibility index (Phi) is 3.30. The zero-order valence-electron chi connectivity index (χ0n) is 8.15. The van der Waals surface area contributed by atoms with Crippen molar-refractivity contribution in [3.05, 3.63) is 34.9 Å². The smallest absolute Gasteiger partial charge is 0.0210 e. The summed E-state index contributed by atoms with van der Waals surface area (Å²) in [5.74, 6) is 0. The van der Waals surface area contributed by atoms with Crippen molar-refractivity contribution in [1.29, 1.82) is 0 Å². The van der Waals surface area contributed by atoms with Crippen molar-refractivity contribution in [3.63, 3.8) is 0 Å². The van der Waals surface area contributed by atoms with Gasteiger partial charge in [0.25, 0.3) is 0 Å². The number of aryl methyl sites for hydroxylation is 2. The van der Waals surface area contributed by atoms with Gasteiger partial charge in [0.05, 0.1) is 0 Å². The Morgan fingerprint density at radius 2 is 1.75 bits per heavy atom. The van der Waals surface area contributed by atoms with Crippen molar-refractivity contribution in [2.45, 2.75) is 27.3 Å². The lowest BCUT2D eigenvalue weighted by atomic mass is 10.0. The lowest BCUT2D eigenvalue weighted by molar-refractivity contribution is 0.720. The van der Waals surface area contributed by atoms with E-state index in [1.807, 2.05) is 0 Å². The molecule has 66 valence electrons. The number of benzene rings is 1. The fraction of sp³-hybridized carbons (Fsp3) is 0.455. The second-order valence-electron chi connectivity index (χ2n) is 3.15. The van der Waals surface area contributed by atoms with Crippen LogP contribution in [0.2, 0.25) is 0 Å². The number of hydrogen-bond donors (Lipinski definition) is 1. The molecule has 0 bridgehead atoms. The van der Waals surface area contributed by atoms with Crippen molar-refractivity contribution < 1.29 is 0 Å². The van der Waals surface area contributed by atoms with Gasteiger partial charge < -0.3 is 5.32 Å². The first-order valence-corrected chi connectivity index (χ1v) is 4.51. The molecule has 0 aliphatic heterocycles. The van der Waals surface area contributed by atoms with E-state index < -0.39 is 0 Å². The molecule has 0 aromatic heterocycles. The van der Waals surface area contributed by atoms with Gasteiger partial charge in [0.2, 0.25) is 0 Å². The number of hydrogen-bond acceptors (Lipinski definition) is 1. The summed E-state index contributed by atoms with van der Waals surface area (Å²) in [4.78, 5) is 0. The molecule has 1 nitrogen and oxygen atoms in total. The van der Waals surface area contributed by atoms with Crippen molar-refractivity contribution in [2.75, 3.05) is 6.54 Å². The quantitative estimate of drug-likeness (QED) is 0.721. The topological polar surface area (TPSA) is 12.0 Å². The second kappa shape index (κ2) is 4.27. The lowest BCUT2D eigenvalue weighted by Gasteiger charge is -2.09. The largest absolute Gasteiger partial charge is 0.313 e. The molecule has 0 unspecified atom stereocenters. The number of rotatable bonds is 3. The predicted molar refractivity (Wildman–Crippen MR) is 53.3 cm³/mol. The van der Waals surface area contributed by atoms with Crippen LogP contribution in [-0.4, -0.2) is 6.54 Å².